The molecule has 1 saturated carbocycles. The predicted octanol–water partition coefficient (Wildman–Crippen LogP) is 2.64. The molecule has 0 radical (unpaired) electrons. The zero-order chi connectivity index (χ0) is 21.0. The largest absolute Gasteiger partial charge is 0.481 e. The van der Waals surface area contributed by atoms with Gasteiger partial charge in [-0.1, -0.05) is 25.3 Å². The molecule has 1 heterocycles. The molecule has 0 aromatic heterocycles. The Morgan fingerprint density at radius 1 is 1.24 bits per heavy atom. The lowest BCUT2D eigenvalue weighted by Gasteiger charge is -2.35. The Morgan fingerprint density at radius 2 is 1.97 bits per heavy atom. The molecule has 8 nitrogen and oxygen atoms in total. The highest BCUT2D eigenvalue weighted by atomic mass is 127. The van der Waals surface area contributed by atoms with E-state index in [1.54, 1.807) is 18.2 Å². The summed E-state index contributed by atoms with van der Waals surface area (Å²) in [5, 5.41) is 2.27. The van der Waals surface area contributed by atoms with Gasteiger partial charge in [-0.2, -0.15) is 0 Å². The Balaban J connectivity index is 1.81. The summed E-state index contributed by atoms with van der Waals surface area (Å²) in [5.74, 6) is -1.28. The number of nitrogens with one attached hydrogen (secondary N) is 1. The third kappa shape index (κ3) is 4.95. The maximum atomic E-state index is 12.9. The van der Waals surface area contributed by atoms with E-state index in [9.17, 15) is 19.2 Å². The van der Waals surface area contributed by atoms with Gasteiger partial charge in [0, 0.05) is 6.04 Å². The fourth-order valence-electron chi connectivity index (χ4n) is 3.43. The standard InChI is InChI=1S/C20H21IN2O6/c1-28-17(24)11-29-16-8-7-12(10-15(16)21)9-14-18(25)22-20(27)23(19(14)26)13-5-3-2-4-6-13/h7-10,13H,2-6,11H2,1H3,(H,22,25,27). The molecular formula is C20H21IN2O6. The van der Waals surface area contributed by atoms with Crippen LogP contribution in [0.1, 0.15) is 37.7 Å². The SMILES string of the molecule is COC(=O)COc1ccc(C=C2C(=O)NC(=O)N(C3CCCCC3)C2=O)cc1I. The van der Waals surface area contributed by atoms with Crippen LogP contribution in [0, 0.1) is 3.57 Å². The van der Waals surface area contributed by atoms with E-state index >= 15 is 0 Å². The average molecular weight is 512 g/mol. The van der Waals surface area contributed by atoms with E-state index in [0.717, 1.165) is 32.1 Å². The maximum absolute atomic E-state index is 12.9. The zero-order valence-electron chi connectivity index (χ0n) is 15.9. The summed E-state index contributed by atoms with van der Waals surface area (Å²) >= 11 is 2.04. The maximum Gasteiger partial charge on any atom is 0.343 e. The van der Waals surface area contributed by atoms with Crippen molar-refractivity contribution in [1.29, 1.82) is 0 Å². The Kier molecular flexibility index (Phi) is 6.88. The fourth-order valence-corrected chi connectivity index (χ4v) is 4.12. The number of benzene rings is 1. The number of ether oxygens (including phenoxy) is 2. The van der Waals surface area contributed by atoms with E-state index in [-0.39, 0.29) is 18.2 Å². The third-order valence-corrected chi connectivity index (χ3v) is 5.76. The number of methoxy groups -OCH3 is 1. The van der Waals surface area contributed by atoms with Crippen LogP contribution in [0.25, 0.3) is 6.08 Å². The number of rotatable bonds is 5. The van der Waals surface area contributed by atoms with Gasteiger partial charge in [0.15, 0.2) is 6.61 Å². The van der Waals surface area contributed by atoms with Crippen molar-refractivity contribution in [3.63, 3.8) is 0 Å². The van der Waals surface area contributed by atoms with Crippen LogP contribution in [0.2, 0.25) is 0 Å². The number of esters is 1. The van der Waals surface area contributed by atoms with Gasteiger partial charge < -0.3 is 9.47 Å². The van der Waals surface area contributed by atoms with E-state index in [0.29, 0.717) is 14.9 Å². The molecule has 1 aliphatic heterocycles. The van der Waals surface area contributed by atoms with Gasteiger partial charge in [-0.25, -0.2) is 9.59 Å². The number of carbonyl (C=O) groups is 4. The number of carbonyl (C=O) groups excluding carboxylic acids is 4. The highest BCUT2D eigenvalue weighted by Crippen LogP contribution is 2.27. The number of amides is 4. The number of halogens is 1. The summed E-state index contributed by atoms with van der Waals surface area (Å²) in [6.07, 6.45) is 5.98. The monoisotopic (exact) mass is 512 g/mol. The number of hydrogen-bond acceptors (Lipinski definition) is 6. The second-order valence-electron chi connectivity index (χ2n) is 6.84. The van der Waals surface area contributed by atoms with Crippen molar-refractivity contribution in [2.45, 2.75) is 38.1 Å². The second-order valence-corrected chi connectivity index (χ2v) is 8.00. The van der Waals surface area contributed by atoms with Crippen LogP contribution < -0.4 is 10.1 Å². The van der Waals surface area contributed by atoms with Gasteiger partial charge in [-0.05, 0) is 59.2 Å². The molecule has 1 saturated heterocycles. The van der Waals surface area contributed by atoms with E-state index in [1.165, 1.54) is 18.1 Å². The molecule has 4 amide bonds. The summed E-state index contributed by atoms with van der Waals surface area (Å²) in [5.41, 5.74) is 0.533. The molecule has 3 rings (SSSR count). The van der Waals surface area contributed by atoms with Crippen molar-refractivity contribution in [2.75, 3.05) is 13.7 Å². The van der Waals surface area contributed by atoms with Gasteiger partial charge in [0.1, 0.15) is 11.3 Å². The molecule has 0 spiro atoms. The Morgan fingerprint density at radius 3 is 2.62 bits per heavy atom. The van der Waals surface area contributed by atoms with Gasteiger partial charge in [0.05, 0.1) is 10.7 Å². The lowest BCUT2D eigenvalue weighted by molar-refractivity contribution is -0.143. The molecular weight excluding hydrogens is 491 g/mol. The van der Waals surface area contributed by atoms with Crippen molar-refractivity contribution in [3.05, 3.63) is 32.9 Å². The van der Waals surface area contributed by atoms with Crippen molar-refractivity contribution >= 4 is 52.5 Å². The lowest BCUT2D eigenvalue weighted by atomic mass is 9.93. The lowest BCUT2D eigenvalue weighted by Crippen LogP contribution is -2.58. The van der Waals surface area contributed by atoms with E-state index < -0.39 is 23.8 Å². The molecule has 1 aromatic rings. The minimum atomic E-state index is -0.701. The van der Waals surface area contributed by atoms with Gasteiger partial charge in [0.25, 0.3) is 11.8 Å². The molecule has 1 aromatic carbocycles. The van der Waals surface area contributed by atoms with Crippen LogP contribution in [-0.4, -0.2) is 48.5 Å². The first-order valence-electron chi connectivity index (χ1n) is 9.30. The average Bonchev–Trinajstić information content (AvgIpc) is 2.71. The summed E-state index contributed by atoms with van der Waals surface area (Å²) in [4.78, 5) is 49.8. The van der Waals surface area contributed by atoms with E-state index in [4.69, 9.17) is 4.74 Å². The summed E-state index contributed by atoms with van der Waals surface area (Å²) in [6, 6.07) is 4.21. The number of nitrogens with zero attached hydrogens (tertiary/aromatic N) is 1. The van der Waals surface area contributed by atoms with Crippen LogP contribution in [-0.2, 0) is 19.1 Å². The van der Waals surface area contributed by atoms with Crippen LogP contribution in [0.5, 0.6) is 5.75 Å². The molecule has 0 bridgehead atoms. The van der Waals surface area contributed by atoms with Crippen LogP contribution in [0.15, 0.2) is 23.8 Å². The van der Waals surface area contributed by atoms with E-state index in [2.05, 4.69) is 10.1 Å². The van der Waals surface area contributed by atoms with Crippen LogP contribution in [0.4, 0.5) is 4.79 Å². The van der Waals surface area contributed by atoms with Gasteiger partial charge in [-0.3, -0.25) is 19.8 Å². The normalized spacial score (nSPS) is 19.3. The molecule has 154 valence electrons. The molecule has 29 heavy (non-hydrogen) atoms. The highest BCUT2D eigenvalue weighted by molar-refractivity contribution is 14.1. The number of hydrogen-bond donors (Lipinski definition) is 1. The molecule has 1 aliphatic carbocycles. The first-order valence-corrected chi connectivity index (χ1v) is 10.4. The summed E-state index contributed by atoms with van der Waals surface area (Å²) in [6.45, 7) is -0.216. The Hall–Kier alpha value is -2.43. The first-order chi connectivity index (χ1) is 13.9. The van der Waals surface area contributed by atoms with Crippen LogP contribution >= 0.6 is 22.6 Å². The minimum absolute atomic E-state index is 0.0748. The van der Waals surface area contributed by atoms with Gasteiger partial charge in [-0.15, -0.1) is 0 Å². The topological polar surface area (TPSA) is 102 Å². The smallest absolute Gasteiger partial charge is 0.343 e. The third-order valence-electron chi connectivity index (χ3n) is 4.91. The van der Waals surface area contributed by atoms with Crippen molar-refractivity contribution < 1.29 is 28.7 Å². The molecule has 0 atom stereocenters. The van der Waals surface area contributed by atoms with Gasteiger partial charge in [0.2, 0.25) is 0 Å². The highest BCUT2D eigenvalue weighted by Gasteiger charge is 2.40. The minimum Gasteiger partial charge on any atom is -0.481 e. The van der Waals surface area contributed by atoms with E-state index in [1.807, 2.05) is 22.6 Å². The molecule has 0 unspecified atom stereocenters. The Bertz CT molecular complexity index is 876. The first kappa shape index (κ1) is 21.3. The number of imide groups is 2. The molecule has 2 aliphatic rings. The van der Waals surface area contributed by atoms with Crippen LogP contribution in [0.3, 0.4) is 0 Å². The second kappa shape index (κ2) is 9.38. The van der Waals surface area contributed by atoms with Gasteiger partial charge >= 0.3 is 12.0 Å². The quantitative estimate of drug-likeness (QED) is 0.282. The van der Waals surface area contributed by atoms with Crippen molar-refractivity contribution in [3.8, 4) is 5.75 Å². The van der Waals surface area contributed by atoms with Crippen molar-refractivity contribution in [1.82, 2.24) is 10.2 Å². The molecule has 2 fully saturated rings. The number of urea groups is 1. The molecule has 1 N–H and O–H groups in total. The summed E-state index contributed by atoms with van der Waals surface area (Å²) in [7, 11) is 1.28. The summed E-state index contributed by atoms with van der Waals surface area (Å²) < 4.78 is 10.6. The number of barbiturate groups is 1. The Labute approximate surface area is 181 Å². The van der Waals surface area contributed by atoms with Crippen molar-refractivity contribution in [2.24, 2.45) is 0 Å². The predicted molar refractivity (Wildman–Crippen MR) is 112 cm³/mol. The zero-order valence-corrected chi connectivity index (χ0v) is 18.1. The fraction of sp³-hybridized carbons (Fsp3) is 0.400. The molecule has 9 heteroatoms.